The lowest BCUT2D eigenvalue weighted by molar-refractivity contribution is -0.121. The molecule has 150 valence electrons. The number of carbonyl (C=O) groups excluding carboxylic acids is 2. The van der Waals surface area contributed by atoms with Crippen LogP contribution in [0, 0.1) is 5.82 Å². The van der Waals surface area contributed by atoms with Crippen molar-refractivity contribution in [1.29, 1.82) is 0 Å². The molecule has 0 spiro atoms. The van der Waals surface area contributed by atoms with Crippen molar-refractivity contribution in [1.82, 2.24) is 20.1 Å². The fraction of sp³-hybridized carbons (Fsp3) is 0.300. The van der Waals surface area contributed by atoms with Crippen molar-refractivity contribution in [3.8, 4) is 16.2 Å². The van der Waals surface area contributed by atoms with Crippen LogP contribution in [0.25, 0.3) is 10.4 Å². The topological polar surface area (TPSA) is 86.1 Å². The number of aryl methyl sites for hydroxylation is 1. The minimum Gasteiger partial charge on any atom is -0.487 e. The van der Waals surface area contributed by atoms with Crippen molar-refractivity contribution in [3.63, 3.8) is 0 Å². The molecule has 1 aliphatic rings. The highest BCUT2D eigenvalue weighted by molar-refractivity contribution is 7.17. The summed E-state index contributed by atoms with van der Waals surface area (Å²) < 4.78 is 21.8. The van der Waals surface area contributed by atoms with Crippen LogP contribution in [-0.2, 0) is 17.8 Å². The number of rotatable bonds is 7. The number of hydrogen-bond donors (Lipinski definition) is 1. The van der Waals surface area contributed by atoms with Gasteiger partial charge in [0.15, 0.2) is 5.78 Å². The summed E-state index contributed by atoms with van der Waals surface area (Å²) in [6.07, 6.45) is 3.50. The number of amides is 1. The number of benzene rings is 1. The zero-order valence-electron chi connectivity index (χ0n) is 15.7. The van der Waals surface area contributed by atoms with E-state index < -0.39 is 0 Å². The van der Waals surface area contributed by atoms with Crippen LogP contribution in [0.5, 0.6) is 5.75 Å². The molecule has 1 atom stereocenters. The summed E-state index contributed by atoms with van der Waals surface area (Å²) in [7, 11) is 0. The Morgan fingerprint density at radius 3 is 2.97 bits per heavy atom. The van der Waals surface area contributed by atoms with Gasteiger partial charge in [-0.15, -0.1) is 11.3 Å². The van der Waals surface area contributed by atoms with E-state index in [0.717, 1.165) is 10.4 Å². The molecule has 1 aromatic carbocycles. The van der Waals surface area contributed by atoms with Crippen LogP contribution in [0.4, 0.5) is 4.39 Å². The van der Waals surface area contributed by atoms with E-state index in [1.807, 2.05) is 0 Å². The third-order valence-corrected chi connectivity index (χ3v) is 5.86. The van der Waals surface area contributed by atoms with Gasteiger partial charge in [0, 0.05) is 28.8 Å². The standard InChI is InChI=1S/C20H19FN4O3S/c1-12(26)17-2-3-18(29-17)16-8-14(21)6-13-7-15(28-20(13)16)9-23-19(27)4-5-25-11-22-10-24-25/h2-3,6,8,10-11,15H,4-5,7,9H2,1H3,(H,23,27)/t15-/m0/s1. The molecule has 4 rings (SSSR count). The number of ketones is 1. The van der Waals surface area contributed by atoms with Gasteiger partial charge in [0.25, 0.3) is 0 Å². The average molecular weight is 414 g/mol. The number of nitrogens with zero attached hydrogens (tertiary/aromatic N) is 3. The number of nitrogens with one attached hydrogen (secondary N) is 1. The largest absolute Gasteiger partial charge is 0.487 e. The summed E-state index contributed by atoms with van der Waals surface area (Å²) in [4.78, 5) is 28.9. The summed E-state index contributed by atoms with van der Waals surface area (Å²) in [5, 5.41) is 6.81. The molecular weight excluding hydrogens is 395 g/mol. The van der Waals surface area contributed by atoms with Gasteiger partial charge < -0.3 is 10.1 Å². The number of ether oxygens (including phenoxy) is 1. The van der Waals surface area contributed by atoms with Gasteiger partial charge in [-0.05, 0) is 31.2 Å². The summed E-state index contributed by atoms with van der Waals surface area (Å²) in [6, 6.07) is 6.43. The van der Waals surface area contributed by atoms with Crippen LogP contribution >= 0.6 is 11.3 Å². The molecule has 0 aliphatic carbocycles. The lowest BCUT2D eigenvalue weighted by Gasteiger charge is -2.13. The zero-order chi connectivity index (χ0) is 20.4. The van der Waals surface area contributed by atoms with Crippen LogP contribution in [-0.4, -0.2) is 39.1 Å². The molecule has 0 bridgehead atoms. The quantitative estimate of drug-likeness (QED) is 0.601. The van der Waals surface area contributed by atoms with Crippen molar-refractivity contribution < 1.29 is 18.7 Å². The van der Waals surface area contributed by atoms with E-state index >= 15 is 0 Å². The van der Waals surface area contributed by atoms with Gasteiger partial charge in [-0.25, -0.2) is 9.37 Å². The SMILES string of the molecule is CC(=O)c1ccc(-c2cc(F)cc3c2O[C@H](CNC(=O)CCn2cncn2)C3)s1. The summed E-state index contributed by atoms with van der Waals surface area (Å²) in [6.45, 7) is 2.28. The Balaban J connectivity index is 1.41. The first kappa shape index (κ1) is 19.3. The fourth-order valence-corrected chi connectivity index (χ4v) is 4.16. The molecule has 0 saturated carbocycles. The maximum atomic E-state index is 14.1. The van der Waals surface area contributed by atoms with E-state index in [9.17, 15) is 14.0 Å². The number of fused-ring (bicyclic) bond motifs is 1. The summed E-state index contributed by atoms with van der Waals surface area (Å²) >= 11 is 1.31. The van der Waals surface area contributed by atoms with Gasteiger partial charge in [-0.2, -0.15) is 5.10 Å². The maximum Gasteiger partial charge on any atom is 0.221 e. The minimum absolute atomic E-state index is 0.0262. The van der Waals surface area contributed by atoms with Gasteiger partial charge >= 0.3 is 0 Å². The van der Waals surface area contributed by atoms with Gasteiger partial charge in [0.05, 0.1) is 18.0 Å². The second-order valence-corrected chi connectivity index (χ2v) is 7.90. The van der Waals surface area contributed by atoms with Crippen molar-refractivity contribution in [2.75, 3.05) is 6.54 Å². The molecule has 1 aliphatic heterocycles. The van der Waals surface area contributed by atoms with E-state index in [4.69, 9.17) is 4.74 Å². The first-order valence-electron chi connectivity index (χ1n) is 9.19. The minimum atomic E-state index is -0.349. The Morgan fingerprint density at radius 1 is 1.38 bits per heavy atom. The zero-order valence-corrected chi connectivity index (χ0v) is 16.5. The number of halogens is 1. The Hall–Kier alpha value is -3.07. The van der Waals surface area contributed by atoms with Gasteiger partial charge in [0.1, 0.15) is 30.3 Å². The van der Waals surface area contributed by atoms with Crippen molar-refractivity contribution in [3.05, 3.63) is 53.2 Å². The van der Waals surface area contributed by atoms with Gasteiger partial charge in [0.2, 0.25) is 5.91 Å². The number of hydrogen-bond acceptors (Lipinski definition) is 6. The van der Waals surface area contributed by atoms with E-state index in [1.165, 1.54) is 36.7 Å². The van der Waals surface area contributed by atoms with E-state index in [1.54, 1.807) is 23.1 Å². The molecule has 3 heterocycles. The molecule has 1 amide bonds. The van der Waals surface area contributed by atoms with Gasteiger partial charge in [-0.3, -0.25) is 14.3 Å². The summed E-state index contributed by atoms with van der Waals surface area (Å²) in [5.41, 5.74) is 1.40. The number of Topliss-reactive ketones (excluding diaryl/α,β-unsaturated/α-hetero) is 1. The normalized spacial score (nSPS) is 15.0. The highest BCUT2D eigenvalue weighted by atomic mass is 32.1. The highest BCUT2D eigenvalue weighted by Gasteiger charge is 2.28. The van der Waals surface area contributed by atoms with Crippen molar-refractivity contribution in [2.45, 2.75) is 32.4 Å². The third-order valence-electron chi connectivity index (χ3n) is 4.64. The molecule has 0 saturated heterocycles. The molecule has 0 fully saturated rings. The molecule has 1 N–H and O–H groups in total. The Labute approximate surface area is 170 Å². The molecule has 3 aromatic rings. The smallest absolute Gasteiger partial charge is 0.221 e. The second-order valence-electron chi connectivity index (χ2n) is 6.82. The lowest BCUT2D eigenvalue weighted by atomic mass is 10.0. The van der Waals surface area contributed by atoms with Crippen LogP contribution in [0.2, 0.25) is 0 Å². The first-order valence-corrected chi connectivity index (χ1v) is 10.0. The third kappa shape index (κ3) is 4.34. The highest BCUT2D eigenvalue weighted by Crippen LogP contribution is 2.42. The predicted octanol–water partition coefficient (Wildman–Crippen LogP) is 2.86. The molecular formula is C20H19FN4O3S. The molecule has 9 heteroatoms. The maximum absolute atomic E-state index is 14.1. The van der Waals surface area contributed by atoms with Crippen molar-refractivity contribution in [2.24, 2.45) is 0 Å². The number of carbonyl (C=O) groups is 2. The van der Waals surface area contributed by atoms with Crippen LogP contribution < -0.4 is 10.1 Å². The molecule has 0 radical (unpaired) electrons. The average Bonchev–Trinajstić information content (AvgIpc) is 3.44. The Bertz CT molecular complexity index is 1050. The second kappa shape index (κ2) is 8.12. The van der Waals surface area contributed by atoms with E-state index in [-0.39, 0.29) is 30.0 Å². The van der Waals surface area contributed by atoms with Crippen molar-refractivity contribution >= 4 is 23.0 Å². The predicted molar refractivity (Wildman–Crippen MR) is 105 cm³/mol. The molecule has 7 nitrogen and oxygen atoms in total. The fourth-order valence-electron chi connectivity index (χ4n) is 3.24. The van der Waals surface area contributed by atoms with E-state index in [0.29, 0.717) is 35.7 Å². The summed E-state index contributed by atoms with van der Waals surface area (Å²) in [5.74, 6) is 0.125. The molecule has 2 aromatic heterocycles. The van der Waals surface area contributed by atoms with Crippen LogP contribution in [0.15, 0.2) is 36.9 Å². The van der Waals surface area contributed by atoms with E-state index in [2.05, 4.69) is 15.4 Å². The Morgan fingerprint density at radius 2 is 2.24 bits per heavy atom. The number of thiophene rings is 1. The van der Waals surface area contributed by atoms with Crippen LogP contribution in [0.1, 0.15) is 28.6 Å². The molecule has 0 unspecified atom stereocenters. The number of aromatic nitrogens is 3. The molecule has 29 heavy (non-hydrogen) atoms. The van der Waals surface area contributed by atoms with Crippen LogP contribution in [0.3, 0.4) is 0 Å². The first-order chi connectivity index (χ1) is 14.0. The Kier molecular flexibility index (Phi) is 5.39. The lowest BCUT2D eigenvalue weighted by Crippen LogP contribution is -2.34. The monoisotopic (exact) mass is 414 g/mol. The van der Waals surface area contributed by atoms with Gasteiger partial charge in [-0.1, -0.05) is 0 Å².